The number of hydrogen-bond acceptors (Lipinski definition) is 7. The number of nitrogens with one attached hydrogen (secondary N) is 1. The molecule has 9 heteroatoms. The lowest BCUT2D eigenvalue weighted by molar-refractivity contribution is -0.119. The van der Waals surface area contributed by atoms with Gasteiger partial charge in [0.2, 0.25) is 0 Å². The number of nitriles is 1. The Morgan fingerprint density at radius 3 is 2.41 bits per heavy atom. The molecule has 0 atom stereocenters. The van der Waals surface area contributed by atoms with E-state index in [0.29, 0.717) is 5.69 Å². The van der Waals surface area contributed by atoms with Gasteiger partial charge in [-0.1, -0.05) is 0 Å². The minimum atomic E-state index is -3.35. The Balaban J connectivity index is 1.93. The third-order valence-electron chi connectivity index (χ3n) is 3.49. The van der Waals surface area contributed by atoms with Crippen molar-refractivity contribution in [2.24, 2.45) is 0 Å². The molecule has 2 aromatic carbocycles. The first-order valence-corrected chi connectivity index (χ1v) is 10.3. The lowest BCUT2D eigenvalue weighted by atomic mass is 10.2. The average Bonchev–Trinajstić information content (AvgIpc) is 2.61. The highest BCUT2D eigenvalue weighted by Crippen LogP contribution is 2.23. The van der Waals surface area contributed by atoms with Gasteiger partial charge in [0.05, 0.1) is 10.5 Å². The molecule has 0 unspecified atom stereocenters. The predicted molar refractivity (Wildman–Crippen MR) is 101 cm³/mol. The Bertz CT molecular complexity index is 1010. The molecular formula is C18H16N2O5S2. The van der Waals surface area contributed by atoms with Crippen LogP contribution in [0.1, 0.15) is 15.9 Å². The molecule has 27 heavy (non-hydrogen) atoms. The zero-order chi connectivity index (χ0) is 20.0. The van der Waals surface area contributed by atoms with Gasteiger partial charge in [0.15, 0.2) is 16.4 Å². The summed E-state index contributed by atoms with van der Waals surface area (Å²) in [5.74, 6) is -1.25. The smallest absolute Gasteiger partial charge is 0.338 e. The third-order valence-corrected chi connectivity index (χ3v) is 5.20. The number of amides is 1. The summed E-state index contributed by atoms with van der Waals surface area (Å²) in [5, 5.41) is 13.3. The van der Waals surface area contributed by atoms with Gasteiger partial charge >= 0.3 is 5.97 Å². The highest BCUT2D eigenvalue weighted by molar-refractivity contribution is 8.03. The van der Waals surface area contributed by atoms with E-state index >= 15 is 0 Å². The summed E-state index contributed by atoms with van der Waals surface area (Å²) < 4.78 is 27.7. The molecule has 0 aliphatic heterocycles. The van der Waals surface area contributed by atoms with E-state index in [2.05, 4.69) is 5.32 Å². The van der Waals surface area contributed by atoms with Gasteiger partial charge in [0.25, 0.3) is 5.91 Å². The van der Waals surface area contributed by atoms with Crippen LogP contribution >= 0.6 is 11.8 Å². The Labute approximate surface area is 161 Å². The second kappa shape index (κ2) is 8.70. The molecule has 7 nitrogen and oxygen atoms in total. The van der Waals surface area contributed by atoms with E-state index in [9.17, 15) is 18.0 Å². The van der Waals surface area contributed by atoms with Crippen LogP contribution in [0.4, 0.5) is 5.69 Å². The maximum absolute atomic E-state index is 12.0. The molecular weight excluding hydrogens is 388 g/mol. The number of carbonyl (C=O) groups is 2. The normalized spacial score (nSPS) is 10.7. The van der Waals surface area contributed by atoms with Gasteiger partial charge in [-0.15, -0.1) is 0 Å². The summed E-state index contributed by atoms with van der Waals surface area (Å²) in [7, 11) is -3.35. The van der Waals surface area contributed by atoms with Crippen molar-refractivity contribution in [1.82, 2.24) is 0 Å². The van der Waals surface area contributed by atoms with Gasteiger partial charge in [-0.2, -0.15) is 5.26 Å². The van der Waals surface area contributed by atoms with E-state index in [1.54, 1.807) is 25.1 Å². The van der Waals surface area contributed by atoms with E-state index in [1.807, 2.05) is 5.40 Å². The number of anilines is 1. The molecule has 0 aliphatic rings. The second-order valence-corrected chi connectivity index (χ2v) is 8.46. The van der Waals surface area contributed by atoms with Crippen LogP contribution in [0.2, 0.25) is 0 Å². The number of aryl methyl sites for hydroxylation is 1. The minimum Gasteiger partial charge on any atom is -0.452 e. The molecule has 1 amide bonds. The van der Waals surface area contributed by atoms with Crippen LogP contribution in [0, 0.1) is 17.6 Å². The molecule has 0 spiro atoms. The SMILES string of the molecule is Cc1cc(SC#N)ccc1NC(=O)COC(=O)c1ccc(S(C)(=O)=O)cc1. The molecule has 0 saturated carbocycles. The first kappa shape index (κ1) is 20.5. The molecule has 0 saturated heterocycles. The van der Waals surface area contributed by atoms with Crippen molar-refractivity contribution in [2.45, 2.75) is 16.7 Å². The number of esters is 1. The van der Waals surface area contributed by atoms with E-state index < -0.39 is 28.3 Å². The number of thioether (sulfide) groups is 1. The molecule has 0 aliphatic carbocycles. The maximum Gasteiger partial charge on any atom is 0.338 e. The van der Waals surface area contributed by atoms with E-state index in [0.717, 1.165) is 28.5 Å². The van der Waals surface area contributed by atoms with Gasteiger partial charge in [0, 0.05) is 16.8 Å². The summed E-state index contributed by atoms with van der Waals surface area (Å²) in [5.41, 5.74) is 1.46. The average molecular weight is 404 g/mol. The fourth-order valence-corrected chi connectivity index (χ4v) is 3.24. The van der Waals surface area contributed by atoms with Crippen molar-refractivity contribution in [3.63, 3.8) is 0 Å². The fourth-order valence-electron chi connectivity index (χ4n) is 2.13. The minimum absolute atomic E-state index is 0.0882. The Kier molecular flexibility index (Phi) is 6.60. The summed E-state index contributed by atoms with van der Waals surface area (Å²) in [6.07, 6.45) is 1.07. The zero-order valence-electron chi connectivity index (χ0n) is 14.6. The van der Waals surface area contributed by atoms with Crippen molar-refractivity contribution in [1.29, 1.82) is 5.26 Å². The van der Waals surface area contributed by atoms with Crippen LogP contribution in [-0.2, 0) is 19.4 Å². The number of sulfone groups is 1. The topological polar surface area (TPSA) is 113 Å². The maximum atomic E-state index is 12.0. The quantitative estimate of drug-likeness (QED) is 0.447. The largest absolute Gasteiger partial charge is 0.452 e. The number of nitrogens with zero attached hydrogens (tertiary/aromatic N) is 1. The van der Waals surface area contributed by atoms with Crippen molar-refractivity contribution in [3.8, 4) is 5.40 Å². The highest BCUT2D eigenvalue weighted by atomic mass is 32.2. The molecule has 0 aromatic heterocycles. The lowest BCUT2D eigenvalue weighted by Gasteiger charge is -2.10. The van der Waals surface area contributed by atoms with Crippen LogP contribution < -0.4 is 5.32 Å². The van der Waals surface area contributed by atoms with Crippen LogP contribution in [0.5, 0.6) is 0 Å². The summed E-state index contributed by atoms with van der Waals surface area (Å²) in [6, 6.07) is 10.4. The van der Waals surface area contributed by atoms with E-state index in [-0.39, 0.29) is 10.5 Å². The van der Waals surface area contributed by atoms with Gasteiger partial charge in [-0.25, -0.2) is 13.2 Å². The fraction of sp³-hybridized carbons (Fsp3) is 0.167. The number of rotatable bonds is 6. The number of carbonyl (C=O) groups excluding carboxylic acids is 2. The van der Waals surface area contributed by atoms with Gasteiger partial charge in [0.1, 0.15) is 5.40 Å². The van der Waals surface area contributed by atoms with Crippen LogP contribution in [-0.4, -0.2) is 33.2 Å². The molecule has 2 rings (SSSR count). The van der Waals surface area contributed by atoms with Crippen LogP contribution in [0.15, 0.2) is 52.3 Å². The molecule has 0 radical (unpaired) electrons. The van der Waals surface area contributed by atoms with Crippen molar-refractivity contribution in [2.75, 3.05) is 18.2 Å². The number of ether oxygens (including phenoxy) is 1. The molecule has 0 fully saturated rings. The standard InChI is InChI=1S/C18H16N2O5S2/c1-12-9-14(26-11-19)5-8-16(12)20-17(21)10-25-18(22)13-3-6-15(7-4-13)27(2,23)24/h3-9H,10H2,1-2H3,(H,20,21). The van der Waals surface area contributed by atoms with Gasteiger partial charge < -0.3 is 10.1 Å². The number of benzene rings is 2. The first-order valence-electron chi connectivity index (χ1n) is 7.64. The zero-order valence-corrected chi connectivity index (χ0v) is 16.2. The number of thiocyanates is 1. The third kappa shape index (κ3) is 5.84. The second-order valence-electron chi connectivity index (χ2n) is 5.59. The Morgan fingerprint density at radius 2 is 1.85 bits per heavy atom. The van der Waals surface area contributed by atoms with E-state index in [1.165, 1.54) is 24.3 Å². The Morgan fingerprint density at radius 1 is 1.19 bits per heavy atom. The lowest BCUT2D eigenvalue weighted by Crippen LogP contribution is -2.21. The van der Waals surface area contributed by atoms with Gasteiger partial charge in [-0.3, -0.25) is 4.79 Å². The predicted octanol–water partition coefficient (Wildman–Crippen LogP) is 2.77. The molecule has 0 heterocycles. The van der Waals surface area contributed by atoms with E-state index in [4.69, 9.17) is 10.00 Å². The summed E-state index contributed by atoms with van der Waals surface area (Å²) in [4.78, 5) is 24.8. The number of hydrogen-bond donors (Lipinski definition) is 1. The van der Waals surface area contributed by atoms with Gasteiger partial charge in [-0.05, 0) is 66.7 Å². The van der Waals surface area contributed by atoms with Crippen molar-refractivity contribution < 1.29 is 22.7 Å². The Hall–Kier alpha value is -2.83. The first-order chi connectivity index (χ1) is 12.7. The molecule has 1 N–H and O–H groups in total. The monoisotopic (exact) mass is 404 g/mol. The molecule has 140 valence electrons. The van der Waals surface area contributed by atoms with Crippen LogP contribution in [0.3, 0.4) is 0 Å². The summed E-state index contributed by atoms with van der Waals surface area (Å²) in [6.45, 7) is 1.30. The highest BCUT2D eigenvalue weighted by Gasteiger charge is 2.13. The molecule has 2 aromatic rings. The van der Waals surface area contributed by atoms with Crippen LogP contribution in [0.25, 0.3) is 0 Å². The van der Waals surface area contributed by atoms with Crippen molar-refractivity contribution in [3.05, 3.63) is 53.6 Å². The molecule has 0 bridgehead atoms. The van der Waals surface area contributed by atoms with Crippen molar-refractivity contribution >= 4 is 39.2 Å². The summed E-state index contributed by atoms with van der Waals surface area (Å²) >= 11 is 1.02.